The van der Waals surface area contributed by atoms with E-state index in [-0.39, 0.29) is 5.91 Å². The van der Waals surface area contributed by atoms with Gasteiger partial charge in [0.15, 0.2) is 0 Å². The largest absolute Gasteiger partial charge is 0.471 e. The normalized spacial score (nSPS) is 17.8. The van der Waals surface area contributed by atoms with Crippen LogP contribution in [0.25, 0.3) is 0 Å². The van der Waals surface area contributed by atoms with Crippen molar-refractivity contribution < 1.29 is 9.53 Å². The van der Waals surface area contributed by atoms with Gasteiger partial charge in [-0.25, -0.2) is 4.98 Å². The molecule has 2 aliphatic rings. The summed E-state index contributed by atoms with van der Waals surface area (Å²) in [5.74, 6) is 1.40. The number of rotatable bonds is 6. The third-order valence-corrected chi connectivity index (χ3v) is 6.74. The smallest absolute Gasteiger partial charge is 0.223 e. The zero-order valence-electron chi connectivity index (χ0n) is 19.3. The van der Waals surface area contributed by atoms with Gasteiger partial charge in [-0.05, 0) is 58.7 Å². The van der Waals surface area contributed by atoms with E-state index in [2.05, 4.69) is 28.8 Å². The predicted octanol–water partition coefficient (Wildman–Crippen LogP) is 3.10. The van der Waals surface area contributed by atoms with E-state index in [0.29, 0.717) is 37.4 Å². The van der Waals surface area contributed by atoms with Crippen molar-refractivity contribution >= 4 is 5.91 Å². The molecule has 0 bridgehead atoms. The fourth-order valence-corrected chi connectivity index (χ4v) is 4.79. The van der Waals surface area contributed by atoms with Gasteiger partial charge in [0.1, 0.15) is 12.3 Å². The molecule has 168 valence electrons. The molecule has 7 nitrogen and oxygen atoms in total. The third kappa shape index (κ3) is 5.09. The number of nitrogens with zero attached hydrogens (tertiary/aromatic N) is 5. The first-order chi connectivity index (χ1) is 14.9. The first-order valence-electron chi connectivity index (χ1n) is 11.5. The number of amides is 1. The highest BCUT2D eigenvalue weighted by atomic mass is 16.5. The standard InChI is InChI=1S/C24H35N5O2/c1-17(2)28-11-8-19(9-12-28)14-24(30)29-13-10-22-20(15-29)21(26-27(22)4)16-31-23-7-5-6-18(3)25-23/h5-7,17,19H,8-16H2,1-4H3. The molecule has 0 aliphatic carbocycles. The minimum atomic E-state index is 0.282. The molecule has 2 aromatic heterocycles. The lowest BCUT2D eigenvalue weighted by molar-refractivity contribution is -0.133. The van der Waals surface area contributed by atoms with Crippen LogP contribution in [-0.2, 0) is 31.4 Å². The average Bonchev–Trinajstić information content (AvgIpc) is 3.07. The number of pyridine rings is 1. The molecule has 2 aromatic rings. The lowest BCUT2D eigenvalue weighted by atomic mass is 9.92. The number of carbonyl (C=O) groups is 1. The number of hydrogen-bond donors (Lipinski definition) is 0. The van der Waals surface area contributed by atoms with Gasteiger partial charge in [-0.15, -0.1) is 0 Å². The zero-order chi connectivity index (χ0) is 22.0. The molecule has 0 radical (unpaired) electrons. The van der Waals surface area contributed by atoms with Crippen LogP contribution in [0.15, 0.2) is 18.2 Å². The van der Waals surface area contributed by atoms with Crippen molar-refractivity contribution in [3.8, 4) is 5.88 Å². The van der Waals surface area contributed by atoms with Gasteiger partial charge >= 0.3 is 0 Å². The molecule has 0 unspecified atom stereocenters. The molecule has 31 heavy (non-hydrogen) atoms. The van der Waals surface area contributed by atoms with Crippen LogP contribution < -0.4 is 4.74 Å². The second-order valence-electron chi connectivity index (χ2n) is 9.24. The molecular weight excluding hydrogens is 390 g/mol. The SMILES string of the molecule is Cc1cccc(OCc2nn(C)c3c2CN(C(=O)CC2CCN(C(C)C)CC2)CC3)n1. The Balaban J connectivity index is 1.37. The highest BCUT2D eigenvalue weighted by Gasteiger charge is 2.29. The van der Waals surface area contributed by atoms with Gasteiger partial charge in [-0.2, -0.15) is 5.10 Å². The Kier molecular flexibility index (Phi) is 6.60. The maximum absolute atomic E-state index is 13.1. The number of carbonyl (C=O) groups excluding carboxylic acids is 1. The summed E-state index contributed by atoms with van der Waals surface area (Å²) < 4.78 is 7.85. The monoisotopic (exact) mass is 425 g/mol. The Labute approximate surface area is 185 Å². The van der Waals surface area contributed by atoms with Crippen LogP contribution in [0, 0.1) is 12.8 Å². The molecule has 0 aromatic carbocycles. The lowest BCUT2D eigenvalue weighted by Gasteiger charge is -2.35. The predicted molar refractivity (Wildman–Crippen MR) is 120 cm³/mol. The molecule has 0 atom stereocenters. The van der Waals surface area contributed by atoms with Crippen molar-refractivity contribution in [2.24, 2.45) is 13.0 Å². The number of fused-ring (bicyclic) bond motifs is 1. The Morgan fingerprint density at radius 3 is 2.71 bits per heavy atom. The molecule has 1 fully saturated rings. The third-order valence-electron chi connectivity index (χ3n) is 6.74. The van der Waals surface area contributed by atoms with Gasteiger partial charge in [0, 0.05) is 62.0 Å². The average molecular weight is 426 g/mol. The fraction of sp³-hybridized carbons (Fsp3) is 0.625. The van der Waals surface area contributed by atoms with Gasteiger partial charge in [-0.1, -0.05) is 6.07 Å². The van der Waals surface area contributed by atoms with Gasteiger partial charge < -0.3 is 14.5 Å². The van der Waals surface area contributed by atoms with Crippen LogP contribution in [0.2, 0.25) is 0 Å². The van der Waals surface area contributed by atoms with Gasteiger partial charge in [0.05, 0.1) is 0 Å². The number of aryl methyl sites for hydroxylation is 2. The Morgan fingerprint density at radius 2 is 2.00 bits per heavy atom. The van der Waals surface area contributed by atoms with Gasteiger partial charge in [0.2, 0.25) is 11.8 Å². The molecular formula is C24H35N5O2. The van der Waals surface area contributed by atoms with Crippen LogP contribution in [-0.4, -0.2) is 56.1 Å². The topological polar surface area (TPSA) is 63.5 Å². The summed E-state index contributed by atoms with van der Waals surface area (Å²) in [6.07, 6.45) is 3.76. The van der Waals surface area contributed by atoms with Crippen LogP contribution in [0.5, 0.6) is 5.88 Å². The van der Waals surface area contributed by atoms with Crippen LogP contribution >= 0.6 is 0 Å². The first kappa shape index (κ1) is 21.8. The second-order valence-corrected chi connectivity index (χ2v) is 9.24. The number of piperidine rings is 1. The molecule has 1 saturated heterocycles. The van der Waals surface area contributed by atoms with Crippen molar-refractivity contribution in [3.63, 3.8) is 0 Å². The van der Waals surface area contributed by atoms with E-state index in [9.17, 15) is 4.79 Å². The van der Waals surface area contributed by atoms with E-state index >= 15 is 0 Å². The van der Waals surface area contributed by atoms with Crippen LogP contribution in [0.3, 0.4) is 0 Å². The summed E-state index contributed by atoms with van der Waals surface area (Å²) in [6, 6.07) is 6.35. The molecule has 0 spiro atoms. The van der Waals surface area contributed by atoms with E-state index in [1.807, 2.05) is 41.8 Å². The molecule has 4 rings (SSSR count). The van der Waals surface area contributed by atoms with Crippen molar-refractivity contribution in [3.05, 3.63) is 40.8 Å². The van der Waals surface area contributed by atoms with Crippen LogP contribution in [0.4, 0.5) is 0 Å². The summed E-state index contributed by atoms with van der Waals surface area (Å²) in [4.78, 5) is 22.0. The van der Waals surface area contributed by atoms with Gasteiger partial charge in [-0.3, -0.25) is 9.48 Å². The highest BCUT2D eigenvalue weighted by molar-refractivity contribution is 5.76. The second kappa shape index (κ2) is 9.39. The fourth-order valence-electron chi connectivity index (χ4n) is 4.79. The summed E-state index contributed by atoms with van der Waals surface area (Å²) in [7, 11) is 1.98. The van der Waals surface area contributed by atoms with Crippen molar-refractivity contribution in [2.45, 2.75) is 65.6 Å². The van der Waals surface area contributed by atoms with Crippen molar-refractivity contribution in [1.29, 1.82) is 0 Å². The summed E-state index contributed by atoms with van der Waals surface area (Å²) in [5.41, 5.74) is 4.19. The van der Waals surface area contributed by atoms with E-state index in [1.54, 1.807) is 0 Å². The maximum atomic E-state index is 13.1. The minimum Gasteiger partial charge on any atom is -0.471 e. The molecule has 7 heteroatoms. The van der Waals surface area contributed by atoms with Gasteiger partial charge in [0.25, 0.3) is 0 Å². The summed E-state index contributed by atoms with van der Waals surface area (Å²) >= 11 is 0. The van der Waals surface area contributed by atoms with E-state index in [1.165, 1.54) is 5.69 Å². The van der Waals surface area contributed by atoms with E-state index in [0.717, 1.165) is 55.8 Å². The summed E-state index contributed by atoms with van der Waals surface area (Å²) in [6.45, 7) is 10.4. The molecule has 4 heterocycles. The first-order valence-corrected chi connectivity index (χ1v) is 11.5. The Bertz CT molecular complexity index is 915. The maximum Gasteiger partial charge on any atom is 0.223 e. The van der Waals surface area contributed by atoms with E-state index in [4.69, 9.17) is 4.74 Å². The number of aromatic nitrogens is 3. The number of hydrogen-bond acceptors (Lipinski definition) is 5. The highest BCUT2D eigenvalue weighted by Crippen LogP contribution is 2.27. The number of ether oxygens (including phenoxy) is 1. The molecule has 0 N–H and O–H groups in total. The molecule has 2 aliphatic heterocycles. The van der Waals surface area contributed by atoms with E-state index < -0.39 is 0 Å². The zero-order valence-corrected chi connectivity index (χ0v) is 19.3. The van der Waals surface area contributed by atoms with Crippen molar-refractivity contribution in [1.82, 2.24) is 24.6 Å². The molecule has 1 amide bonds. The minimum absolute atomic E-state index is 0.282. The summed E-state index contributed by atoms with van der Waals surface area (Å²) in [5, 5.41) is 4.68. The Morgan fingerprint density at radius 1 is 1.23 bits per heavy atom. The number of likely N-dealkylation sites (tertiary alicyclic amines) is 1. The van der Waals surface area contributed by atoms with Crippen LogP contribution in [0.1, 0.15) is 55.8 Å². The molecule has 0 saturated carbocycles. The van der Waals surface area contributed by atoms with Crippen molar-refractivity contribution in [2.75, 3.05) is 19.6 Å². The quantitative estimate of drug-likeness (QED) is 0.712. The lowest BCUT2D eigenvalue weighted by Crippen LogP contribution is -2.41. The Hall–Kier alpha value is -2.41.